The molecule has 1 rings (SSSR count). The average Bonchev–Trinajstić information content (AvgIpc) is 2.36. The fourth-order valence-corrected chi connectivity index (χ4v) is 1.72. The molecule has 0 atom stereocenters. The molecule has 1 aromatic rings. The first-order valence-electron chi connectivity index (χ1n) is 5.64. The van der Waals surface area contributed by atoms with Crippen LogP contribution in [0.15, 0.2) is 30.5 Å². The molecule has 0 fully saturated rings. The van der Waals surface area contributed by atoms with E-state index in [9.17, 15) is 4.79 Å². The van der Waals surface area contributed by atoms with Crippen molar-refractivity contribution in [1.29, 1.82) is 0 Å². The van der Waals surface area contributed by atoms with Crippen molar-refractivity contribution in [2.45, 2.75) is 19.8 Å². The Hall–Kier alpha value is -1.77. The van der Waals surface area contributed by atoms with Gasteiger partial charge < -0.3 is 9.47 Å². The Kier molecular flexibility index (Phi) is 5.27. The number of carbonyl (C=O) groups excluding carboxylic acids is 1. The molecular formula is C14H18O3. The number of carbonyl (C=O) groups is 1. The van der Waals surface area contributed by atoms with E-state index >= 15 is 0 Å². The van der Waals surface area contributed by atoms with Crippen LogP contribution >= 0.6 is 0 Å². The van der Waals surface area contributed by atoms with E-state index in [-0.39, 0.29) is 5.97 Å². The molecule has 0 saturated heterocycles. The molecule has 0 saturated carbocycles. The molecule has 0 aliphatic rings. The van der Waals surface area contributed by atoms with Crippen molar-refractivity contribution < 1.29 is 14.3 Å². The van der Waals surface area contributed by atoms with E-state index in [1.165, 1.54) is 20.5 Å². The molecule has 0 unspecified atom stereocenters. The lowest BCUT2D eigenvalue weighted by Crippen LogP contribution is -2.06. The van der Waals surface area contributed by atoms with Gasteiger partial charge >= 0.3 is 5.97 Å². The Morgan fingerprint density at radius 1 is 1.29 bits per heavy atom. The summed E-state index contributed by atoms with van der Waals surface area (Å²) in [6, 6.07) is 7.80. The highest BCUT2D eigenvalue weighted by molar-refractivity contribution is 6.16. The summed E-state index contributed by atoms with van der Waals surface area (Å²) in [5, 5.41) is 0. The second-order valence-electron chi connectivity index (χ2n) is 3.67. The number of benzene rings is 1. The van der Waals surface area contributed by atoms with Crippen molar-refractivity contribution in [2.75, 3.05) is 14.2 Å². The van der Waals surface area contributed by atoms with Crippen LogP contribution in [0.4, 0.5) is 0 Å². The van der Waals surface area contributed by atoms with Gasteiger partial charge in [0.15, 0.2) is 0 Å². The minimum atomic E-state index is -0.379. The van der Waals surface area contributed by atoms with Crippen LogP contribution in [0.25, 0.3) is 5.57 Å². The van der Waals surface area contributed by atoms with Crippen LogP contribution in [0.2, 0.25) is 0 Å². The minimum Gasteiger partial charge on any atom is -0.503 e. The van der Waals surface area contributed by atoms with E-state index in [1.807, 2.05) is 24.3 Å². The zero-order valence-electron chi connectivity index (χ0n) is 10.5. The smallest absolute Gasteiger partial charge is 0.341 e. The topological polar surface area (TPSA) is 35.5 Å². The van der Waals surface area contributed by atoms with Gasteiger partial charge in [-0.3, -0.25) is 0 Å². The molecule has 0 radical (unpaired) electrons. The number of esters is 1. The molecule has 0 amide bonds. The number of aryl methyl sites for hydroxylation is 1. The van der Waals surface area contributed by atoms with Crippen molar-refractivity contribution in [2.24, 2.45) is 0 Å². The highest BCUT2D eigenvalue weighted by atomic mass is 16.5. The number of hydrogen-bond acceptors (Lipinski definition) is 3. The van der Waals surface area contributed by atoms with Gasteiger partial charge in [-0.2, -0.15) is 0 Å². The number of ether oxygens (including phenoxy) is 2. The van der Waals surface area contributed by atoms with Crippen LogP contribution in [0.3, 0.4) is 0 Å². The van der Waals surface area contributed by atoms with Crippen LogP contribution in [0.5, 0.6) is 0 Å². The summed E-state index contributed by atoms with van der Waals surface area (Å²) < 4.78 is 9.72. The fourth-order valence-electron chi connectivity index (χ4n) is 1.72. The lowest BCUT2D eigenvalue weighted by Gasteiger charge is -2.10. The Bertz CT molecular complexity index is 408. The predicted molar refractivity (Wildman–Crippen MR) is 67.4 cm³/mol. The summed E-state index contributed by atoms with van der Waals surface area (Å²) in [5.74, 6) is -0.379. The molecule has 3 nitrogen and oxygen atoms in total. The Morgan fingerprint density at radius 3 is 2.59 bits per heavy atom. The van der Waals surface area contributed by atoms with Crippen LogP contribution in [0.1, 0.15) is 24.5 Å². The van der Waals surface area contributed by atoms with Crippen molar-refractivity contribution >= 4 is 11.5 Å². The molecule has 0 heterocycles. The van der Waals surface area contributed by atoms with E-state index in [1.54, 1.807) is 0 Å². The highest BCUT2D eigenvalue weighted by Gasteiger charge is 2.15. The van der Waals surface area contributed by atoms with Gasteiger partial charge in [-0.15, -0.1) is 0 Å². The summed E-state index contributed by atoms with van der Waals surface area (Å²) in [6.07, 6.45) is 3.38. The quantitative estimate of drug-likeness (QED) is 0.446. The maximum atomic E-state index is 11.7. The molecule has 0 aliphatic heterocycles. The van der Waals surface area contributed by atoms with Gasteiger partial charge in [-0.25, -0.2) is 4.79 Å². The number of hydrogen-bond donors (Lipinski definition) is 0. The Labute approximate surface area is 102 Å². The van der Waals surface area contributed by atoms with E-state index < -0.39 is 0 Å². The Balaban J connectivity index is 3.18. The van der Waals surface area contributed by atoms with Gasteiger partial charge in [0, 0.05) is 0 Å². The third-order valence-electron chi connectivity index (χ3n) is 2.47. The third-order valence-corrected chi connectivity index (χ3v) is 2.47. The lowest BCUT2D eigenvalue weighted by atomic mass is 9.97. The second kappa shape index (κ2) is 6.74. The van der Waals surface area contributed by atoms with Crippen LogP contribution in [-0.2, 0) is 20.7 Å². The maximum absolute atomic E-state index is 11.7. The molecule has 0 aromatic heterocycles. The minimum absolute atomic E-state index is 0.379. The molecule has 0 bridgehead atoms. The molecule has 92 valence electrons. The molecule has 17 heavy (non-hydrogen) atoms. The van der Waals surface area contributed by atoms with E-state index in [0.29, 0.717) is 5.57 Å². The van der Waals surface area contributed by atoms with Crippen LogP contribution in [-0.4, -0.2) is 20.2 Å². The summed E-state index contributed by atoms with van der Waals surface area (Å²) in [7, 11) is 2.89. The van der Waals surface area contributed by atoms with Gasteiger partial charge in [0.1, 0.15) is 5.57 Å². The van der Waals surface area contributed by atoms with Gasteiger partial charge in [0.25, 0.3) is 0 Å². The average molecular weight is 234 g/mol. The zero-order chi connectivity index (χ0) is 12.7. The zero-order valence-corrected chi connectivity index (χ0v) is 10.5. The van der Waals surface area contributed by atoms with Gasteiger partial charge in [0.2, 0.25) is 0 Å². The first-order chi connectivity index (χ1) is 8.24. The van der Waals surface area contributed by atoms with E-state index in [4.69, 9.17) is 9.47 Å². The van der Waals surface area contributed by atoms with E-state index in [2.05, 4.69) is 6.92 Å². The predicted octanol–water partition coefficient (Wildman–Crippen LogP) is 2.80. The van der Waals surface area contributed by atoms with Gasteiger partial charge in [-0.05, 0) is 17.5 Å². The summed E-state index contributed by atoms with van der Waals surface area (Å²) in [6.45, 7) is 2.11. The monoisotopic (exact) mass is 234 g/mol. The van der Waals surface area contributed by atoms with Crippen LogP contribution in [0, 0.1) is 0 Å². The van der Waals surface area contributed by atoms with Crippen molar-refractivity contribution in [3.8, 4) is 0 Å². The molecule has 1 aromatic carbocycles. The summed E-state index contributed by atoms with van der Waals surface area (Å²) in [5.41, 5.74) is 2.46. The molecule has 3 heteroatoms. The van der Waals surface area contributed by atoms with E-state index in [0.717, 1.165) is 24.0 Å². The van der Waals surface area contributed by atoms with Crippen molar-refractivity contribution in [1.82, 2.24) is 0 Å². The van der Waals surface area contributed by atoms with Gasteiger partial charge in [-0.1, -0.05) is 37.6 Å². The standard InChI is InChI=1S/C14H18O3/c1-4-7-11-8-5-6-9-12(11)13(10-16-2)14(15)17-3/h5-6,8-10H,4,7H2,1-3H3. The largest absolute Gasteiger partial charge is 0.503 e. The lowest BCUT2D eigenvalue weighted by molar-refractivity contribution is -0.133. The van der Waals surface area contributed by atoms with Crippen molar-refractivity contribution in [3.63, 3.8) is 0 Å². The highest BCUT2D eigenvalue weighted by Crippen LogP contribution is 2.21. The molecule has 0 aliphatic carbocycles. The molecular weight excluding hydrogens is 216 g/mol. The molecule has 0 spiro atoms. The third kappa shape index (κ3) is 3.34. The number of rotatable bonds is 5. The molecule has 0 N–H and O–H groups in total. The first-order valence-corrected chi connectivity index (χ1v) is 5.64. The normalized spacial score (nSPS) is 11.1. The summed E-state index contributed by atoms with van der Waals surface area (Å²) >= 11 is 0. The van der Waals surface area contributed by atoms with Crippen LogP contribution < -0.4 is 0 Å². The fraction of sp³-hybridized carbons (Fsp3) is 0.357. The second-order valence-corrected chi connectivity index (χ2v) is 3.67. The van der Waals surface area contributed by atoms with Gasteiger partial charge in [0.05, 0.1) is 20.5 Å². The maximum Gasteiger partial charge on any atom is 0.341 e. The Morgan fingerprint density at radius 2 is 2.00 bits per heavy atom. The number of methoxy groups -OCH3 is 2. The van der Waals surface area contributed by atoms with Crippen molar-refractivity contribution in [3.05, 3.63) is 41.7 Å². The first kappa shape index (κ1) is 13.3. The summed E-state index contributed by atoms with van der Waals surface area (Å²) in [4.78, 5) is 11.7. The SMILES string of the molecule is CCCc1ccccc1C(=COC)C(=O)OC.